The lowest BCUT2D eigenvalue weighted by Crippen LogP contribution is -2.53. The van der Waals surface area contributed by atoms with E-state index in [4.69, 9.17) is 41.3 Å². The van der Waals surface area contributed by atoms with Crippen molar-refractivity contribution in [3.8, 4) is 0 Å². The summed E-state index contributed by atoms with van der Waals surface area (Å²) >= 11 is 12.7. The number of rotatable bonds is 17. The molecule has 478 valence electrons. The summed E-state index contributed by atoms with van der Waals surface area (Å²) in [5.41, 5.74) is 7.56. The summed E-state index contributed by atoms with van der Waals surface area (Å²) in [5, 5.41) is 29.8. The molecule has 0 bridgehead atoms. The predicted molar refractivity (Wildman–Crippen MR) is 347 cm³/mol. The first-order valence-corrected chi connectivity index (χ1v) is 32.1. The van der Waals surface area contributed by atoms with Crippen LogP contribution in [0.2, 0.25) is 5.02 Å². The van der Waals surface area contributed by atoms with Gasteiger partial charge in [-0.25, -0.2) is 42.7 Å². The minimum absolute atomic E-state index is 0.0466. The number of aliphatic imine (C=N–C) groups is 2. The standard InChI is InChI=1S/C32H30BrFN6O5S.C32H32ClFN6O5S/c1-18(13-26(41)42)19-3-6-21(7-4-19)40-16-22-15-38(10-11-39(22)32(40)44)17-25-27(31(43)45-2)28(23-8-5-20(34)14-24(23)33)37-29(36-25)30-35-9-12-46-30;1-18-13-19(4-8-26(41)42)3-7-25(18)40-16-21-15-38(10-11-39(21)32(40)44)17-24-27(31(43)45-2)28(22-6-5-20(34)14-23(22)33)37-29(36-24)30-35-9-12-46-30/h3-9,12-14,22,28H,10-11,15-17H2,1-2H3,(H,36,37)(H,41,42);3,5-7,9,12-14,21,28H,4,8,10-11,15-17H2,1-2H3,(H,36,37)(H,41,42)/b18-13+;/t22-,28-;21-,28-/m00/s1. The molecule has 0 radical (unpaired) electrons. The van der Waals surface area contributed by atoms with E-state index >= 15 is 0 Å². The number of halogens is 4. The van der Waals surface area contributed by atoms with Gasteiger partial charge in [0.25, 0.3) is 0 Å². The van der Waals surface area contributed by atoms with Crippen molar-refractivity contribution in [3.63, 3.8) is 0 Å². The minimum atomic E-state index is -1.01. The number of hydrogen-bond acceptors (Lipinski definition) is 18. The molecule has 22 nitrogen and oxygen atoms in total. The summed E-state index contributed by atoms with van der Waals surface area (Å²) in [6.07, 6.45) is 4.96. The second-order valence-corrected chi connectivity index (χ2v) is 25.5. The van der Waals surface area contributed by atoms with Crippen LogP contribution in [0, 0.1) is 18.6 Å². The first kappa shape index (κ1) is 64.8. The Morgan fingerprint density at radius 3 is 1.74 bits per heavy atom. The largest absolute Gasteiger partial charge is 0.481 e. The Morgan fingerprint density at radius 1 is 0.707 bits per heavy atom. The number of ether oxygens (including phenoxy) is 2. The van der Waals surface area contributed by atoms with Crippen LogP contribution in [0.15, 0.2) is 145 Å². The molecule has 92 heavy (non-hydrogen) atoms. The number of amides is 4. The van der Waals surface area contributed by atoms with Crippen LogP contribution >= 0.6 is 50.2 Å². The van der Waals surface area contributed by atoms with E-state index in [0.717, 1.165) is 34.1 Å². The van der Waals surface area contributed by atoms with E-state index in [9.17, 15) is 37.5 Å². The molecule has 12 rings (SSSR count). The average molecular weight is 1380 g/mol. The number of carboxylic acid groups (broad SMARTS) is 2. The second kappa shape index (κ2) is 28.0. The molecule has 0 aliphatic carbocycles. The maximum Gasteiger partial charge on any atom is 0.338 e. The van der Waals surface area contributed by atoms with Crippen molar-refractivity contribution < 1.29 is 57.2 Å². The van der Waals surface area contributed by atoms with Crippen molar-refractivity contribution in [2.24, 2.45) is 9.98 Å². The van der Waals surface area contributed by atoms with Crippen LogP contribution in [0.3, 0.4) is 0 Å². The van der Waals surface area contributed by atoms with E-state index in [-0.39, 0.29) is 41.2 Å². The van der Waals surface area contributed by atoms with Crippen molar-refractivity contribution in [2.75, 3.05) is 89.5 Å². The van der Waals surface area contributed by atoms with Crippen LogP contribution in [-0.2, 0) is 35.1 Å². The number of carboxylic acids is 2. The Kier molecular flexibility index (Phi) is 19.7. The number of anilines is 2. The van der Waals surface area contributed by atoms with Gasteiger partial charge < -0.3 is 40.1 Å². The Bertz CT molecular complexity index is 4040. The third-order valence-electron chi connectivity index (χ3n) is 16.6. The summed E-state index contributed by atoms with van der Waals surface area (Å²) in [5.74, 6) is -2.96. The van der Waals surface area contributed by atoms with Crippen LogP contribution in [0.1, 0.15) is 63.3 Å². The number of fused-ring (bicyclic) bond motifs is 2. The lowest BCUT2D eigenvalue weighted by molar-refractivity contribution is -0.137. The van der Waals surface area contributed by atoms with Gasteiger partial charge in [0.2, 0.25) is 0 Å². The number of aryl methyl sites for hydroxylation is 2. The second-order valence-electron chi connectivity index (χ2n) is 22.5. The fourth-order valence-corrected chi connectivity index (χ4v) is 14.2. The Balaban J connectivity index is 0.000000188. The fraction of sp³-hybridized carbons (Fsp3) is 0.312. The first-order valence-electron chi connectivity index (χ1n) is 29.2. The summed E-state index contributed by atoms with van der Waals surface area (Å²) in [7, 11) is 2.62. The van der Waals surface area contributed by atoms with Gasteiger partial charge in [0, 0.05) is 139 Å². The number of benzene rings is 4. The van der Waals surface area contributed by atoms with Gasteiger partial charge in [-0.1, -0.05) is 63.9 Å². The molecule has 2 aromatic heterocycles. The van der Waals surface area contributed by atoms with E-state index in [2.05, 4.69) is 46.3 Å². The maximum absolute atomic E-state index is 14.0. The highest BCUT2D eigenvalue weighted by atomic mass is 79.9. The molecule has 0 unspecified atom stereocenters. The molecule has 6 aliphatic heterocycles. The molecule has 8 heterocycles. The number of allylic oxidation sites excluding steroid dienone is 1. The van der Waals surface area contributed by atoms with Gasteiger partial charge >= 0.3 is 35.9 Å². The number of amidine groups is 2. The molecule has 4 saturated heterocycles. The summed E-state index contributed by atoms with van der Waals surface area (Å²) < 4.78 is 38.9. The zero-order valence-corrected chi connectivity index (χ0v) is 54.1. The van der Waals surface area contributed by atoms with E-state index in [0.29, 0.717) is 132 Å². The highest BCUT2D eigenvalue weighted by Gasteiger charge is 2.45. The quantitative estimate of drug-likeness (QED) is 0.0490. The molecule has 4 aromatic carbocycles. The van der Waals surface area contributed by atoms with Crippen molar-refractivity contribution in [3.05, 3.63) is 190 Å². The maximum atomic E-state index is 14.0. The highest BCUT2D eigenvalue weighted by Crippen LogP contribution is 2.40. The zero-order chi connectivity index (χ0) is 65.1. The number of aliphatic carboxylic acids is 2. The number of carbonyl (C=O) groups is 6. The summed E-state index contributed by atoms with van der Waals surface area (Å²) in [6, 6.07) is 19.3. The molecule has 6 aromatic rings. The number of methoxy groups -OCH3 is 2. The van der Waals surface area contributed by atoms with Crippen LogP contribution in [0.4, 0.5) is 29.7 Å². The highest BCUT2D eigenvalue weighted by molar-refractivity contribution is 9.10. The number of nitrogens with zero attached hydrogens (tertiary/aromatic N) is 10. The number of urea groups is 2. The minimum Gasteiger partial charge on any atom is -0.481 e. The smallest absolute Gasteiger partial charge is 0.338 e. The number of carbonyl (C=O) groups excluding carboxylic acids is 4. The third kappa shape index (κ3) is 14.0. The van der Waals surface area contributed by atoms with E-state index in [1.54, 1.807) is 35.2 Å². The number of thiazole rings is 2. The van der Waals surface area contributed by atoms with Gasteiger partial charge in [-0.05, 0) is 90.6 Å². The van der Waals surface area contributed by atoms with Crippen LogP contribution in [-0.4, -0.2) is 179 Å². The monoisotopic (exact) mass is 1370 g/mol. The van der Waals surface area contributed by atoms with Gasteiger partial charge in [0.05, 0.1) is 37.4 Å². The van der Waals surface area contributed by atoms with Crippen molar-refractivity contribution in [1.82, 2.24) is 40.2 Å². The molecular formula is C64H62BrClF2N12O10S2. The molecular weight excluding hydrogens is 1310 g/mol. The van der Waals surface area contributed by atoms with Crippen LogP contribution in [0.5, 0.6) is 0 Å². The number of nitrogens with one attached hydrogen (secondary N) is 2. The van der Waals surface area contributed by atoms with E-state index in [1.807, 2.05) is 69.9 Å². The van der Waals surface area contributed by atoms with Gasteiger partial charge in [0.15, 0.2) is 21.7 Å². The molecule has 0 spiro atoms. The topological polar surface area (TPSA) is 255 Å². The SMILES string of the molecule is COC(=O)C1=C(CN2CCN3C(=O)N(c4ccc(/C(C)=C/C(=O)O)cc4)C[C@@H]3C2)NC(c2nccs2)=N[C@H]1c1ccc(F)cc1Br.COC(=O)C1=C(CN2CCN3C(=O)N(c4ccc(CCC(=O)O)cc4C)C[C@@H]3C2)NC(c2nccs2)=N[C@H]1c1ccc(F)cc1Cl. The Labute approximate surface area is 548 Å². The van der Waals surface area contributed by atoms with Crippen LogP contribution in [0.25, 0.3) is 5.57 Å². The Morgan fingerprint density at radius 2 is 1.24 bits per heavy atom. The lowest BCUT2D eigenvalue weighted by Gasteiger charge is -2.38. The molecule has 0 saturated carbocycles. The molecule has 6 aliphatic rings. The number of aromatic nitrogens is 2. The van der Waals surface area contributed by atoms with Crippen molar-refractivity contribution in [1.29, 1.82) is 0 Å². The number of esters is 2. The van der Waals surface area contributed by atoms with E-state index < -0.39 is 47.6 Å². The fourth-order valence-electron chi connectivity index (χ4n) is 12.2. The Hall–Kier alpha value is -8.73. The van der Waals surface area contributed by atoms with Gasteiger partial charge in [-0.2, -0.15) is 0 Å². The number of hydrogen-bond donors (Lipinski definition) is 4. The summed E-state index contributed by atoms with van der Waals surface area (Å²) in [6.45, 7) is 8.57. The van der Waals surface area contributed by atoms with Gasteiger partial charge in [-0.15, -0.1) is 22.7 Å². The third-order valence-corrected chi connectivity index (χ3v) is 19.2. The predicted octanol–water partition coefficient (Wildman–Crippen LogP) is 9.08. The molecule has 4 amide bonds. The first-order chi connectivity index (χ1) is 44.2. The van der Waals surface area contributed by atoms with Crippen LogP contribution < -0.4 is 20.4 Å². The molecule has 28 heteroatoms. The molecule has 4 N–H and O–H groups in total. The zero-order valence-electron chi connectivity index (χ0n) is 50.1. The molecule has 4 atom stereocenters. The van der Waals surface area contributed by atoms with Crippen molar-refractivity contribution in [2.45, 2.75) is 50.9 Å². The normalized spacial score (nSPS) is 20.2. The molecule has 4 fully saturated rings. The van der Waals surface area contributed by atoms with Crippen molar-refractivity contribution >= 4 is 115 Å². The van der Waals surface area contributed by atoms with Gasteiger partial charge in [-0.3, -0.25) is 34.4 Å². The number of piperazine rings is 2. The van der Waals surface area contributed by atoms with E-state index in [1.165, 1.54) is 67.2 Å². The average Bonchev–Trinajstić information content (AvgIpc) is 0.986. The van der Waals surface area contributed by atoms with Gasteiger partial charge in [0.1, 0.15) is 23.7 Å². The lowest BCUT2D eigenvalue weighted by atomic mass is 9.95. The summed E-state index contributed by atoms with van der Waals surface area (Å²) in [4.78, 5) is 106.